The summed E-state index contributed by atoms with van der Waals surface area (Å²) in [7, 11) is -4.36. The number of halogens is 2. The third-order valence-electron chi connectivity index (χ3n) is 5.01. The summed E-state index contributed by atoms with van der Waals surface area (Å²) in [4.78, 5) is 16.2. The molecule has 30 heavy (non-hydrogen) atoms. The number of carbonyl (C=O) groups excluding carboxylic acids is 1. The first-order valence-corrected chi connectivity index (χ1v) is 10.5. The lowest BCUT2D eigenvalue weighted by atomic mass is 10.2. The lowest BCUT2D eigenvalue weighted by molar-refractivity contribution is 0.0956. The molecule has 152 valence electrons. The van der Waals surface area contributed by atoms with E-state index in [9.17, 15) is 22.0 Å². The third kappa shape index (κ3) is 2.64. The van der Waals surface area contributed by atoms with Gasteiger partial charge in [-0.3, -0.25) is 4.79 Å². The number of rotatable bonds is 3. The van der Waals surface area contributed by atoms with Crippen LogP contribution in [0.15, 0.2) is 59.6 Å². The van der Waals surface area contributed by atoms with Crippen molar-refractivity contribution in [3.05, 3.63) is 71.9 Å². The van der Waals surface area contributed by atoms with Crippen LogP contribution in [-0.2, 0) is 16.6 Å². The van der Waals surface area contributed by atoms with E-state index >= 15 is 0 Å². The van der Waals surface area contributed by atoms with Gasteiger partial charge in [-0.15, -0.1) is 0 Å². The van der Waals surface area contributed by atoms with Crippen molar-refractivity contribution in [2.75, 3.05) is 6.54 Å². The van der Waals surface area contributed by atoms with Crippen LogP contribution >= 0.6 is 0 Å². The topological polar surface area (TPSA) is 86.0 Å². The molecule has 1 amide bonds. The highest BCUT2D eigenvalue weighted by Gasteiger charge is 2.28. The Morgan fingerprint density at radius 2 is 1.90 bits per heavy atom. The molecule has 0 atom stereocenters. The zero-order chi connectivity index (χ0) is 21.0. The van der Waals surface area contributed by atoms with Crippen LogP contribution in [0.4, 0.5) is 8.78 Å². The monoisotopic (exact) mass is 428 g/mol. The van der Waals surface area contributed by atoms with Gasteiger partial charge in [-0.2, -0.15) is 0 Å². The summed E-state index contributed by atoms with van der Waals surface area (Å²) in [6, 6.07) is 10.5. The number of nitrogens with one attached hydrogen (secondary N) is 1. The van der Waals surface area contributed by atoms with Gasteiger partial charge in [0.15, 0.2) is 5.82 Å². The summed E-state index contributed by atoms with van der Waals surface area (Å²) in [6.45, 7) is 0.719. The number of nitrogens with zero attached hydrogens (tertiary/aromatic N) is 3. The molecule has 1 aliphatic rings. The second-order valence-corrected chi connectivity index (χ2v) is 8.57. The third-order valence-corrected chi connectivity index (χ3v) is 6.73. The van der Waals surface area contributed by atoms with Crippen molar-refractivity contribution >= 4 is 27.0 Å². The Labute approximate surface area is 169 Å². The zero-order valence-corrected chi connectivity index (χ0v) is 16.2. The molecule has 7 nitrogen and oxygen atoms in total. The number of imidazole rings is 1. The van der Waals surface area contributed by atoms with Crippen molar-refractivity contribution in [2.45, 2.75) is 11.4 Å². The summed E-state index contributed by atoms with van der Waals surface area (Å²) in [5, 5.41) is 2.80. The first-order valence-electron chi connectivity index (χ1n) is 9.04. The average Bonchev–Trinajstić information content (AvgIpc) is 3.28. The molecule has 3 heterocycles. The fourth-order valence-corrected chi connectivity index (χ4v) is 5.09. The standard InChI is InChI=1S/C20H14F2N4O3S/c21-12-6-7-17(14(22)11-12)30(28,29)26-9-2-5-16(26)19-24-15-4-1-3-13-18(15)25(19)10-8-23-20(13)27/h1-7,9,11H,8,10H2,(H,23,27). The van der Waals surface area contributed by atoms with Gasteiger partial charge in [0.05, 0.1) is 22.3 Å². The van der Waals surface area contributed by atoms with E-state index in [1.807, 2.05) is 0 Å². The van der Waals surface area contributed by atoms with Crippen LogP contribution in [-0.4, -0.2) is 34.4 Å². The van der Waals surface area contributed by atoms with Crippen LogP contribution in [0.2, 0.25) is 0 Å². The van der Waals surface area contributed by atoms with Gasteiger partial charge in [-0.1, -0.05) is 6.07 Å². The molecular formula is C20H14F2N4O3S. The summed E-state index contributed by atoms with van der Waals surface area (Å²) in [6.07, 6.45) is 1.28. The molecule has 0 spiro atoms. The van der Waals surface area contributed by atoms with Crippen molar-refractivity contribution < 1.29 is 22.0 Å². The van der Waals surface area contributed by atoms with E-state index in [4.69, 9.17) is 0 Å². The molecule has 4 aromatic rings. The highest BCUT2D eigenvalue weighted by molar-refractivity contribution is 7.90. The van der Waals surface area contributed by atoms with E-state index in [1.165, 1.54) is 12.3 Å². The first-order chi connectivity index (χ1) is 14.4. The van der Waals surface area contributed by atoms with Gasteiger partial charge in [0.2, 0.25) is 0 Å². The number of hydrogen-bond donors (Lipinski definition) is 1. The molecule has 1 aliphatic heterocycles. The van der Waals surface area contributed by atoms with E-state index in [0.29, 0.717) is 41.6 Å². The Balaban J connectivity index is 1.75. The van der Waals surface area contributed by atoms with Crippen LogP contribution in [0.25, 0.3) is 22.6 Å². The minimum atomic E-state index is -4.36. The Morgan fingerprint density at radius 1 is 1.07 bits per heavy atom. The predicted molar refractivity (Wildman–Crippen MR) is 104 cm³/mol. The SMILES string of the molecule is O=C1NCCn2c(-c3cccn3S(=O)(=O)c3ccc(F)cc3F)nc3cccc1c32. The van der Waals surface area contributed by atoms with Crippen LogP contribution in [0, 0.1) is 11.6 Å². The van der Waals surface area contributed by atoms with Gasteiger partial charge in [0.25, 0.3) is 15.9 Å². The number of amides is 1. The molecule has 0 unspecified atom stereocenters. The van der Waals surface area contributed by atoms with Gasteiger partial charge < -0.3 is 9.88 Å². The molecule has 1 N–H and O–H groups in total. The lowest BCUT2D eigenvalue weighted by Gasteiger charge is -2.12. The van der Waals surface area contributed by atoms with E-state index in [1.54, 1.807) is 28.8 Å². The van der Waals surface area contributed by atoms with Crippen molar-refractivity contribution in [1.82, 2.24) is 18.8 Å². The van der Waals surface area contributed by atoms with Crippen LogP contribution in [0.1, 0.15) is 10.4 Å². The zero-order valence-electron chi connectivity index (χ0n) is 15.3. The van der Waals surface area contributed by atoms with Gasteiger partial charge >= 0.3 is 0 Å². The lowest BCUT2D eigenvalue weighted by Crippen LogP contribution is -2.24. The second kappa shape index (κ2) is 6.49. The van der Waals surface area contributed by atoms with Crippen LogP contribution in [0.3, 0.4) is 0 Å². The molecule has 10 heteroatoms. The van der Waals surface area contributed by atoms with Gasteiger partial charge in [0, 0.05) is 25.4 Å². The number of para-hydroxylation sites is 1. The molecule has 0 bridgehead atoms. The summed E-state index contributed by atoms with van der Waals surface area (Å²) in [5.41, 5.74) is 1.78. The van der Waals surface area contributed by atoms with Crippen molar-refractivity contribution in [1.29, 1.82) is 0 Å². The fourth-order valence-electron chi connectivity index (χ4n) is 3.70. The Bertz CT molecular complexity index is 1440. The summed E-state index contributed by atoms with van der Waals surface area (Å²) in [5.74, 6) is -1.96. The normalized spacial score (nSPS) is 14.0. The van der Waals surface area contributed by atoms with Crippen molar-refractivity contribution in [3.8, 4) is 11.5 Å². The highest BCUT2D eigenvalue weighted by atomic mass is 32.2. The molecule has 0 saturated heterocycles. The van der Waals surface area contributed by atoms with Crippen molar-refractivity contribution in [2.24, 2.45) is 0 Å². The quantitative estimate of drug-likeness (QED) is 0.544. The molecule has 0 aliphatic carbocycles. The summed E-state index contributed by atoms with van der Waals surface area (Å²) >= 11 is 0. The van der Waals surface area contributed by atoms with Gasteiger partial charge in [-0.05, 0) is 36.4 Å². The van der Waals surface area contributed by atoms with Gasteiger partial charge in [-0.25, -0.2) is 26.2 Å². The fraction of sp³-hybridized carbons (Fsp3) is 0.100. The molecule has 0 radical (unpaired) electrons. The molecule has 2 aromatic heterocycles. The predicted octanol–water partition coefficient (Wildman–Crippen LogP) is 2.76. The number of hydrogen-bond acceptors (Lipinski definition) is 4. The smallest absolute Gasteiger partial charge is 0.271 e. The maximum Gasteiger partial charge on any atom is 0.271 e. The van der Waals surface area contributed by atoms with E-state index in [-0.39, 0.29) is 11.6 Å². The van der Waals surface area contributed by atoms with Crippen LogP contribution in [0.5, 0.6) is 0 Å². The largest absolute Gasteiger partial charge is 0.350 e. The maximum atomic E-state index is 14.2. The van der Waals surface area contributed by atoms with Gasteiger partial charge in [0.1, 0.15) is 16.5 Å². The van der Waals surface area contributed by atoms with E-state index < -0.39 is 26.6 Å². The molecule has 0 saturated carbocycles. The van der Waals surface area contributed by atoms with E-state index in [0.717, 1.165) is 16.1 Å². The van der Waals surface area contributed by atoms with Crippen molar-refractivity contribution in [3.63, 3.8) is 0 Å². The molecule has 0 fully saturated rings. The van der Waals surface area contributed by atoms with E-state index in [2.05, 4.69) is 10.3 Å². The second-order valence-electron chi connectivity index (χ2n) is 6.79. The first kappa shape index (κ1) is 18.5. The number of benzene rings is 2. The average molecular weight is 428 g/mol. The number of carbonyl (C=O) groups is 1. The maximum absolute atomic E-state index is 14.2. The highest BCUT2D eigenvalue weighted by Crippen LogP contribution is 2.31. The Morgan fingerprint density at radius 3 is 2.70 bits per heavy atom. The Kier molecular flexibility index (Phi) is 4.00. The molecule has 2 aromatic carbocycles. The van der Waals surface area contributed by atoms with Crippen LogP contribution < -0.4 is 5.32 Å². The minimum Gasteiger partial charge on any atom is -0.350 e. The molecule has 5 rings (SSSR count). The minimum absolute atomic E-state index is 0.204. The molecular weight excluding hydrogens is 414 g/mol. The summed E-state index contributed by atoms with van der Waals surface area (Å²) < 4.78 is 56.5. The Hall–Kier alpha value is -3.53. The number of aromatic nitrogens is 3.